The number of rotatable bonds is 3. The van der Waals surface area contributed by atoms with Gasteiger partial charge in [0.1, 0.15) is 0 Å². The number of methoxy groups -OCH3 is 2. The summed E-state index contributed by atoms with van der Waals surface area (Å²) in [5, 5.41) is 0. The molecule has 0 N–H and O–H groups in total. The molecular weight excluding hydrogens is 192 g/mol. The topological polar surface area (TPSA) is 31.4 Å². The van der Waals surface area contributed by atoms with E-state index in [1.807, 2.05) is 0 Å². The lowest BCUT2D eigenvalue weighted by molar-refractivity contribution is 0.145. The van der Waals surface area contributed by atoms with E-state index in [2.05, 4.69) is 4.98 Å². The SMILES string of the molecule is COc1ncc(C)c(C(F)F)c1OC. The maximum Gasteiger partial charge on any atom is 0.267 e. The Labute approximate surface area is 80.7 Å². The average Bonchev–Trinajstić information content (AvgIpc) is 2.16. The first-order valence-electron chi connectivity index (χ1n) is 3.97. The van der Waals surface area contributed by atoms with E-state index in [-0.39, 0.29) is 17.2 Å². The number of aromatic nitrogens is 1. The van der Waals surface area contributed by atoms with Crippen LogP contribution in [0.25, 0.3) is 0 Å². The zero-order chi connectivity index (χ0) is 10.7. The number of alkyl halides is 2. The van der Waals surface area contributed by atoms with Crippen LogP contribution in [0.1, 0.15) is 17.6 Å². The van der Waals surface area contributed by atoms with E-state index in [4.69, 9.17) is 9.47 Å². The van der Waals surface area contributed by atoms with Gasteiger partial charge >= 0.3 is 0 Å². The van der Waals surface area contributed by atoms with Crippen LogP contribution in [0, 0.1) is 6.92 Å². The van der Waals surface area contributed by atoms with Crippen LogP contribution >= 0.6 is 0 Å². The zero-order valence-corrected chi connectivity index (χ0v) is 8.17. The maximum absolute atomic E-state index is 12.6. The predicted molar refractivity (Wildman–Crippen MR) is 47.0 cm³/mol. The molecule has 0 atom stereocenters. The molecule has 1 aromatic rings. The predicted octanol–water partition coefficient (Wildman–Crippen LogP) is 2.34. The van der Waals surface area contributed by atoms with E-state index < -0.39 is 6.43 Å². The number of pyridine rings is 1. The summed E-state index contributed by atoms with van der Waals surface area (Å²) in [6.45, 7) is 1.55. The molecule has 3 nitrogen and oxygen atoms in total. The standard InChI is InChI=1S/C9H11F2NO2/c1-5-4-12-9(14-3)7(13-2)6(5)8(10)11/h4,8H,1-3H3. The lowest BCUT2D eigenvalue weighted by Crippen LogP contribution is -2.01. The molecule has 5 heteroatoms. The molecule has 0 aliphatic heterocycles. The first-order valence-corrected chi connectivity index (χ1v) is 3.97. The second-order valence-electron chi connectivity index (χ2n) is 2.70. The Morgan fingerprint density at radius 2 is 1.93 bits per heavy atom. The molecule has 1 aromatic heterocycles. The molecule has 0 aromatic carbocycles. The van der Waals surface area contributed by atoms with Crippen molar-refractivity contribution in [2.24, 2.45) is 0 Å². The number of nitrogens with zero attached hydrogens (tertiary/aromatic N) is 1. The third-order valence-corrected chi connectivity index (χ3v) is 1.85. The van der Waals surface area contributed by atoms with Gasteiger partial charge in [-0.05, 0) is 12.5 Å². The Morgan fingerprint density at radius 1 is 1.29 bits per heavy atom. The molecule has 0 spiro atoms. The van der Waals surface area contributed by atoms with E-state index in [0.29, 0.717) is 5.56 Å². The van der Waals surface area contributed by atoms with Gasteiger partial charge in [0, 0.05) is 6.20 Å². The summed E-state index contributed by atoms with van der Waals surface area (Å²) in [6.07, 6.45) is -1.26. The van der Waals surface area contributed by atoms with Gasteiger partial charge in [-0.15, -0.1) is 0 Å². The van der Waals surface area contributed by atoms with E-state index in [1.54, 1.807) is 6.92 Å². The number of halogens is 2. The second-order valence-corrected chi connectivity index (χ2v) is 2.70. The summed E-state index contributed by atoms with van der Waals surface area (Å²) < 4.78 is 34.9. The molecule has 0 radical (unpaired) electrons. The van der Waals surface area contributed by atoms with Crippen LogP contribution in [0.3, 0.4) is 0 Å². The minimum atomic E-state index is -2.60. The maximum atomic E-state index is 12.6. The number of aryl methyl sites for hydroxylation is 1. The van der Waals surface area contributed by atoms with E-state index in [9.17, 15) is 8.78 Å². The van der Waals surface area contributed by atoms with Crippen LogP contribution in [-0.2, 0) is 0 Å². The Bertz CT molecular complexity index is 329. The van der Waals surface area contributed by atoms with Gasteiger partial charge in [-0.1, -0.05) is 0 Å². The minimum Gasteiger partial charge on any atom is -0.491 e. The second kappa shape index (κ2) is 4.21. The van der Waals surface area contributed by atoms with Crippen molar-refractivity contribution in [3.8, 4) is 11.6 Å². The minimum absolute atomic E-state index is 0.00231. The Balaban J connectivity index is 3.35. The summed E-state index contributed by atoms with van der Waals surface area (Å²) in [4.78, 5) is 3.83. The van der Waals surface area contributed by atoms with Crippen LogP contribution in [0.4, 0.5) is 8.78 Å². The van der Waals surface area contributed by atoms with E-state index in [0.717, 1.165) is 0 Å². The van der Waals surface area contributed by atoms with E-state index >= 15 is 0 Å². The molecule has 78 valence electrons. The molecule has 0 bridgehead atoms. The molecule has 0 aliphatic carbocycles. The van der Waals surface area contributed by atoms with Crippen molar-refractivity contribution >= 4 is 0 Å². The first-order chi connectivity index (χ1) is 6.61. The highest BCUT2D eigenvalue weighted by Gasteiger charge is 2.21. The van der Waals surface area contributed by atoms with Gasteiger partial charge in [-0.3, -0.25) is 0 Å². The summed E-state index contributed by atoms with van der Waals surface area (Å²) in [6, 6.07) is 0. The number of hydrogen-bond acceptors (Lipinski definition) is 3. The quantitative estimate of drug-likeness (QED) is 0.755. The first kappa shape index (κ1) is 10.7. The molecule has 1 heterocycles. The Hall–Kier alpha value is -1.39. The fraction of sp³-hybridized carbons (Fsp3) is 0.444. The molecule has 0 aliphatic rings. The largest absolute Gasteiger partial charge is 0.491 e. The summed E-state index contributed by atoms with van der Waals surface area (Å²) in [5.41, 5.74) is 0.219. The van der Waals surface area contributed by atoms with Gasteiger partial charge in [0.15, 0.2) is 5.75 Å². The highest BCUT2D eigenvalue weighted by Crippen LogP contribution is 2.37. The molecule has 0 unspecified atom stereocenters. The Morgan fingerprint density at radius 3 is 2.36 bits per heavy atom. The van der Waals surface area contributed by atoms with Gasteiger partial charge in [-0.2, -0.15) is 0 Å². The smallest absolute Gasteiger partial charge is 0.267 e. The highest BCUT2D eigenvalue weighted by atomic mass is 19.3. The van der Waals surface area contributed by atoms with Crippen LogP contribution in [0.2, 0.25) is 0 Å². The monoisotopic (exact) mass is 203 g/mol. The lowest BCUT2D eigenvalue weighted by Gasteiger charge is -2.12. The van der Waals surface area contributed by atoms with Gasteiger partial charge in [0.25, 0.3) is 12.3 Å². The van der Waals surface area contributed by atoms with Crippen molar-refractivity contribution < 1.29 is 18.3 Å². The highest BCUT2D eigenvalue weighted by molar-refractivity contribution is 5.46. The van der Waals surface area contributed by atoms with Gasteiger partial charge in [0.05, 0.1) is 19.8 Å². The Kier molecular flexibility index (Phi) is 3.22. The van der Waals surface area contributed by atoms with Crippen molar-refractivity contribution in [3.63, 3.8) is 0 Å². The molecule has 0 amide bonds. The molecule has 14 heavy (non-hydrogen) atoms. The van der Waals surface area contributed by atoms with Crippen molar-refractivity contribution in [3.05, 3.63) is 17.3 Å². The number of hydrogen-bond donors (Lipinski definition) is 0. The summed E-state index contributed by atoms with van der Waals surface area (Å²) >= 11 is 0. The fourth-order valence-electron chi connectivity index (χ4n) is 1.19. The van der Waals surface area contributed by atoms with Crippen molar-refractivity contribution in [1.29, 1.82) is 0 Å². The molecule has 1 rings (SSSR count). The van der Waals surface area contributed by atoms with Crippen LogP contribution in [0.5, 0.6) is 11.6 Å². The van der Waals surface area contributed by atoms with Gasteiger partial charge in [0.2, 0.25) is 0 Å². The summed E-state index contributed by atoms with van der Waals surface area (Å²) in [5.74, 6) is 0.0795. The normalized spacial score (nSPS) is 10.4. The molecule has 0 fully saturated rings. The van der Waals surface area contributed by atoms with Crippen LogP contribution in [0.15, 0.2) is 6.20 Å². The van der Waals surface area contributed by atoms with Crippen LogP contribution in [-0.4, -0.2) is 19.2 Å². The average molecular weight is 203 g/mol. The van der Waals surface area contributed by atoms with Gasteiger partial charge < -0.3 is 9.47 Å². The van der Waals surface area contributed by atoms with E-state index in [1.165, 1.54) is 20.4 Å². The molecule has 0 saturated carbocycles. The van der Waals surface area contributed by atoms with Crippen molar-refractivity contribution in [2.45, 2.75) is 13.3 Å². The third kappa shape index (κ3) is 1.76. The van der Waals surface area contributed by atoms with Gasteiger partial charge in [-0.25, -0.2) is 13.8 Å². The third-order valence-electron chi connectivity index (χ3n) is 1.85. The molecule has 0 saturated heterocycles. The number of ether oxygens (including phenoxy) is 2. The lowest BCUT2D eigenvalue weighted by atomic mass is 10.1. The van der Waals surface area contributed by atoms with Crippen molar-refractivity contribution in [2.75, 3.05) is 14.2 Å². The van der Waals surface area contributed by atoms with Crippen molar-refractivity contribution in [1.82, 2.24) is 4.98 Å². The summed E-state index contributed by atoms with van der Waals surface area (Å²) in [7, 11) is 2.67. The fourth-order valence-corrected chi connectivity index (χ4v) is 1.19. The van der Waals surface area contributed by atoms with Crippen LogP contribution < -0.4 is 9.47 Å². The zero-order valence-electron chi connectivity index (χ0n) is 8.17. The molecular formula is C9H11F2NO2.